The van der Waals surface area contributed by atoms with E-state index in [1.165, 1.54) is 30.3 Å². The molecule has 0 saturated heterocycles. The summed E-state index contributed by atoms with van der Waals surface area (Å²) in [5.41, 5.74) is 2.65. The van der Waals surface area contributed by atoms with Crippen LogP contribution in [0.5, 0.6) is 5.75 Å². The van der Waals surface area contributed by atoms with Gasteiger partial charge in [0.2, 0.25) is 0 Å². The SMILES string of the molecule is Oc1ccc(F)cc1-c1cncn1Cc1cc2cc(F)ccc2[nH]1. The summed E-state index contributed by atoms with van der Waals surface area (Å²) in [4.78, 5) is 7.30. The molecule has 24 heavy (non-hydrogen) atoms. The van der Waals surface area contributed by atoms with Crippen LogP contribution in [-0.4, -0.2) is 19.6 Å². The third-order valence-corrected chi connectivity index (χ3v) is 3.93. The van der Waals surface area contributed by atoms with Crippen LogP contribution in [0.1, 0.15) is 5.69 Å². The smallest absolute Gasteiger partial charge is 0.125 e. The minimum Gasteiger partial charge on any atom is -0.507 e. The molecule has 0 unspecified atom stereocenters. The van der Waals surface area contributed by atoms with Crippen molar-refractivity contribution in [3.63, 3.8) is 0 Å². The fraction of sp³-hybridized carbons (Fsp3) is 0.0556. The third-order valence-electron chi connectivity index (χ3n) is 3.93. The third kappa shape index (κ3) is 2.52. The Morgan fingerprint density at radius 2 is 1.83 bits per heavy atom. The Morgan fingerprint density at radius 1 is 1.04 bits per heavy atom. The maximum absolute atomic E-state index is 13.5. The molecule has 0 spiro atoms. The molecule has 2 aromatic heterocycles. The summed E-state index contributed by atoms with van der Waals surface area (Å²) in [6.45, 7) is 0.432. The van der Waals surface area contributed by atoms with Crippen molar-refractivity contribution in [1.82, 2.24) is 14.5 Å². The van der Waals surface area contributed by atoms with E-state index in [1.54, 1.807) is 23.2 Å². The van der Waals surface area contributed by atoms with Crippen LogP contribution in [0.4, 0.5) is 8.78 Å². The highest BCUT2D eigenvalue weighted by Crippen LogP contribution is 2.30. The molecule has 0 atom stereocenters. The van der Waals surface area contributed by atoms with Crippen LogP contribution >= 0.6 is 0 Å². The first kappa shape index (κ1) is 14.4. The van der Waals surface area contributed by atoms with Gasteiger partial charge in [0.25, 0.3) is 0 Å². The Labute approximate surface area is 136 Å². The molecule has 0 fully saturated rings. The van der Waals surface area contributed by atoms with Crippen LogP contribution in [0.2, 0.25) is 0 Å². The lowest BCUT2D eigenvalue weighted by Crippen LogP contribution is -2.01. The van der Waals surface area contributed by atoms with Crippen molar-refractivity contribution in [3.8, 4) is 17.0 Å². The molecule has 4 aromatic rings. The zero-order valence-electron chi connectivity index (χ0n) is 12.5. The highest BCUT2D eigenvalue weighted by molar-refractivity contribution is 5.80. The number of phenolic OH excluding ortho intramolecular Hbond substituents is 1. The lowest BCUT2D eigenvalue weighted by molar-refractivity contribution is 0.474. The Morgan fingerprint density at radius 3 is 2.71 bits per heavy atom. The summed E-state index contributed by atoms with van der Waals surface area (Å²) in [7, 11) is 0. The van der Waals surface area contributed by atoms with Crippen LogP contribution in [-0.2, 0) is 6.54 Å². The second kappa shape index (κ2) is 5.49. The number of hydrogen-bond acceptors (Lipinski definition) is 2. The van der Waals surface area contributed by atoms with Crippen LogP contribution < -0.4 is 0 Å². The van der Waals surface area contributed by atoms with Gasteiger partial charge in [-0.25, -0.2) is 13.8 Å². The van der Waals surface area contributed by atoms with Gasteiger partial charge in [-0.05, 0) is 42.5 Å². The minimum atomic E-state index is -0.434. The van der Waals surface area contributed by atoms with Gasteiger partial charge in [-0.2, -0.15) is 0 Å². The van der Waals surface area contributed by atoms with E-state index in [9.17, 15) is 13.9 Å². The summed E-state index contributed by atoms with van der Waals surface area (Å²) < 4.78 is 28.6. The fourth-order valence-electron chi connectivity index (χ4n) is 2.82. The maximum Gasteiger partial charge on any atom is 0.125 e. The number of imidazole rings is 1. The van der Waals surface area contributed by atoms with E-state index < -0.39 is 5.82 Å². The lowest BCUT2D eigenvalue weighted by atomic mass is 10.1. The molecule has 0 aliphatic heterocycles. The van der Waals surface area contributed by atoms with E-state index in [1.807, 2.05) is 6.07 Å². The van der Waals surface area contributed by atoms with Gasteiger partial charge in [0.15, 0.2) is 0 Å². The monoisotopic (exact) mass is 325 g/mol. The largest absolute Gasteiger partial charge is 0.507 e. The van der Waals surface area contributed by atoms with Crippen LogP contribution in [0, 0.1) is 11.6 Å². The molecule has 4 rings (SSSR count). The molecule has 2 aromatic carbocycles. The van der Waals surface area contributed by atoms with Gasteiger partial charge < -0.3 is 14.7 Å². The van der Waals surface area contributed by atoms with Crippen molar-refractivity contribution < 1.29 is 13.9 Å². The summed E-state index contributed by atoms with van der Waals surface area (Å²) in [6, 6.07) is 10.2. The average molecular weight is 325 g/mol. The predicted molar refractivity (Wildman–Crippen MR) is 86.6 cm³/mol. The first-order chi connectivity index (χ1) is 11.6. The summed E-state index contributed by atoms with van der Waals surface area (Å²) in [6.07, 6.45) is 3.17. The minimum absolute atomic E-state index is 0.0168. The number of halogens is 2. The fourth-order valence-corrected chi connectivity index (χ4v) is 2.82. The normalized spacial score (nSPS) is 11.2. The average Bonchev–Trinajstić information content (AvgIpc) is 3.16. The molecule has 4 nitrogen and oxygen atoms in total. The van der Waals surface area contributed by atoms with Crippen LogP contribution in [0.3, 0.4) is 0 Å². The molecule has 6 heteroatoms. The number of phenols is 1. The van der Waals surface area contributed by atoms with Gasteiger partial charge >= 0.3 is 0 Å². The maximum atomic E-state index is 13.5. The Kier molecular flexibility index (Phi) is 3.30. The topological polar surface area (TPSA) is 53.8 Å². The van der Waals surface area contributed by atoms with Crippen LogP contribution in [0.25, 0.3) is 22.2 Å². The molecule has 0 saturated carbocycles. The van der Waals surface area contributed by atoms with E-state index in [0.717, 1.165) is 16.6 Å². The molecule has 2 heterocycles. The van der Waals surface area contributed by atoms with Crippen molar-refractivity contribution in [3.05, 3.63) is 72.3 Å². The Hall–Kier alpha value is -3.15. The number of aromatic hydroxyl groups is 1. The summed E-state index contributed by atoms with van der Waals surface area (Å²) in [5.74, 6) is -0.741. The number of hydrogen-bond donors (Lipinski definition) is 2. The standard InChI is InChI=1S/C18H13F2N3O/c19-12-1-3-16-11(5-12)6-14(22-16)9-23-10-21-8-17(23)15-7-13(20)2-4-18(15)24/h1-8,10,22,24H,9H2. The molecule has 120 valence electrons. The zero-order chi connectivity index (χ0) is 16.7. The van der Waals surface area contributed by atoms with Crippen molar-refractivity contribution in [2.75, 3.05) is 0 Å². The van der Waals surface area contributed by atoms with Crippen molar-refractivity contribution >= 4 is 10.9 Å². The first-order valence-electron chi connectivity index (χ1n) is 7.36. The Balaban J connectivity index is 1.73. The predicted octanol–water partition coefficient (Wildman–Crippen LogP) is 4.06. The molecule has 2 N–H and O–H groups in total. The number of fused-ring (bicyclic) bond motifs is 1. The zero-order valence-corrected chi connectivity index (χ0v) is 12.5. The lowest BCUT2D eigenvalue weighted by Gasteiger charge is -2.09. The molecule has 0 aliphatic rings. The highest BCUT2D eigenvalue weighted by Gasteiger charge is 2.12. The van der Waals surface area contributed by atoms with Crippen molar-refractivity contribution in [2.45, 2.75) is 6.54 Å². The number of nitrogens with one attached hydrogen (secondary N) is 1. The van der Waals surface area contributed by atoms with E-state index in [0.29, 0.717) is 17.8 Å². The van der Waals surface area contributed by atoms with E-state index in [4.69, 9.17) is 0 Å². The van der Waals surface area contributed by atoms with Gasteiger partial charge in [0, 0.05) is 22.2 Å². The molecule has 0 aliphatic carbocycles. The molecular formula is C18H13F2N3O. The number of aromatic amines is 1. The number of H-pyrrole nitrogens is 1. The van der Waals surface area contributed by atoms with Crippen molar-refractivity contribution in [1.29, 1.82) is 0 Å². The molecule has 0 radical (unpaired) electrons. The van der Waals surface area contributed by atoms with E-state index in [2.05, 4.69) is 9.97 Å². The highest BCUT2D eigenvalue weighted by atomic mass is 19.1. The molecule has 0 amide bonds. The van der Waals surface area contributed by atoms with Gasteiger partial charge in [-0.15, -0.1) is 0 Å². The quantitative estimate of drug-likeness (QED) is 0.597. The van der Waals surface area contributed by atoms with Crippen molar-refractivity contribution in [2.24, 2.45) is 0 Å². The van der Waals surface area contributed by atoms with E-state index >= 15 is 0 Å². The second-order valence-corrected chi connectivity index (χ2v) is 5.59. The Bertz CT molecular complexity index is 1040. The van der Waals surface area contributed by atoms with Gasteiger partial charge in [0.1, 0.15) is 17.4 Å². The number of rotatable bonds is 3. The number of benzene rings is 2. The van der Waals surface area contributed by atoms with Gasteiger partial charge in [0.05, 0.1) is 24.8 Å². The summed E-state index contributed by atoms with van der Waals surface area (Å²) >= 11 is 0. The first-order valence-corrected chi connectivity index (χ1v) is 7.36. The van der Waals surface area contributed by atoms with Crippen LogP contribution in [0.15, 0.2) is 55.0 Å². The van der Waals surface area contributed by atoms with Gasteiger partial charge in [-0.1, -0.05) is 0 Å². The van der Waals surface area contributed by atoms with E-state index in [-0.39, 0.29) is 11.6 Å². The number of nitrogens with zero attached hydrogens (tertiary/aromatic N) is 2. The molecular weight excluding hydrogens is 312 g/mol. The summed E-state index contributed by atoms with van der Waals surface area (Å²) in [5, 5.41) is 10.8. The molecule has 0 bridgehead atoms. The second-order valence-electron chi connectivity index (χ2n) is 5.59. The van der Waals surface area contributed by atoms with Gasteiger partial charge in [-0.3, -0.25) is 0 Å². The number of aromatic nitrogens is 3.